The molecule has 0 saturated carbocycles. The van der Waals surface area contributed by atoms with Gasteiger partial charge in [0.05, 0.1) is 5.56 Å². The molecule has 1 aromatic heterocycles. The van der Waals surface area contributed by atoms with Gasteiger partial charge in [-0.15, -0.1) is 0 Å². The molecule has 1 nitrogen and oxygen atoms in total. The number of pyridine rings is 1. The van der Waals surface area contributed by atoms with Gasteiger partial charge in [-0.05, 0) is 24.0 Å². The zero-order valence-electron chi connectivity index (χ0n) is 8.31. The summed E-state index contributed by atoms with van der Waals surface area (Å²) in [5, 5.41) is 0. The van der Waals surface area contributed by atoms with Gasteiger partial charge in [-0.2, -0.15) is 13.2 Å². The standard InChI is InChI=1S/C10H12F3N/c1-6(2)8-5-14-4-7(3)9(8)10(11,12)13/h4-6H,1-3H3. The Hall–Kier alpha value is -1.06. The molecule has 0 aliphatic carbocycles. The van der Waals surface area contributed by atoms with Crippen LogP contribution in [-0.4, -0.2) is 4.98 Å². The molecule has 0 N–H and O–H groups in total. The summed E-state index contributed by atoms with van der Waals surface area (Å²) >= 11 is 0. The highest BCUT2D eigenvalue weighted by Crippen LogP contribution is 2.36. The van der Waals surface area contributed by atoms with Gasteiger partial charge >= 0.3 is 6.18 Å². The van der Waals surface area contributed by atoms with Gasteiger partial charge in [0, 0.05) is 12.4 Å². The van der Waals surface area contributed by atoms with Gasteiger partial charge in [0.25, 0.3) is 0 Å². The largest absolute Gasteiger partial charge is 0.417 e. The molecule has 14 heavy (non-hydrogen) atoms. The van der Waals surface area contributed by atoms with Crippen LogP contribution < -0.4 is 0 Å². The van der Waals surface area contributed by atoms with E-state index in [2.05, 4.69) is 4.98 Å². The molecule has 0 saturated heterocycles. The number of aromatic nitrogens is 1. The van der Waals surface area contributed by atoms with Crippen LogP contribution >= 0.6 is 0 Å². The topological polar surface area (TPSA) is 12.9 Å². The lowest BCUT2D eigenvalue weighted by Crippen LogP contribution is -2.13. The van der Waals surface area contributed by atoms with E-state index < -0.39 is 11.7 Å². The maximum Gasteiger partial charge on any atom is 0.417 e. The summed E-state index contributed by atoms with van der Waals surface area (Å²) in [5.41, 5.74) is -0.0938. The normalized spacial score (nSPS) is 12.2. The van der Waals surface area contributed by atoms with Gasteiger partial charge in [0.2, 0.25) is 0 Å². The number of aryl methyl sites for hydroxylation is 1. The van der Waals surface area contributed by atoms with Gasteiger partial charge in [0.15, 0.2) is 0 Å². The number of alkyl halides is 3. The van der Waals surface area contributed by atoms with Crippen molar-refractivity contribution in [2.24, 2.45) is 0 Å². The Bertz CT molecular complexity index is 329. The third-order valence-electron chi connectivity index (χ3n) is 2.07. The van der Waals surface area contributed by atoms with Gasteiger partial charge in [-0.1, -0.05) is 13.8 Å². The second-order valence-corrected chi connectivity index (χ2v) is 3.57. The molecular formula is C10H12F3N. The Kier molecular flexibility index (Phi) is 2.83. The molecule has 0 spiro atoms. The fourth-order valence-electron chi connectivity index (χ4n) is 1.41. The van der Waals surface area contributed by atoms with Crippen LogP contribution in [0.25, 0.3) is 0 Å². The van der Waals surface area contributed by atoms with E-state index in [-0.39, 0.29) is 17.0 Å². The maximum absolute atomic E-state index is 12.6. The molecule has 0 atom stereocenters. The lowest BCUT2D eigenvalue weighted by molar-refractivity contribution is -0.138. The second-order valence-electron chi connectivity index (χ2n) is 3.57. The SMILES string of the molecule is Cc1cncc(C(C)C)c1C(F)(F)F. The average Bonchev–Trinajstić information content (AvgIpc) is 2.01. The van der Waals surface area contributed by atoms with Crippen molar-refractivity contribution in [3.8, 4) is 0 Å². The van der Waals surface area contributed by atoms with Crippen molar-refractivity contribution in [3.63, 3.8) is 0 Å². The Morgan fingerprint density at radius 1 is 1.21 bits per heavy atom. The minimum Gasteiger partial charge on any atom is -0.264 e. The molecule has 1 rings (SSSR count). The number of nitrogens with zero attached hydrogens (tertiary/aromatic N) is 1. The molecule has 1 heterocycles. The molecule has 1 aromatic rings. The lowest BCUT2D eigenvalue weighted by Gasteiger charge is -2.16. The number of hydrogen-bond donors (Lipinski definition) is 0. The number of rotatable bonds is 1. The molecule has 0 aromatic carbocycles. The van der Waals surface area contributed by atoms with Crippen molar-refractivity contribution >= 4 is 0 Å². The minimum absolute atomic E-state index is 0.168. The van der Waals surface area contributed by atoms with E-state index >= 15 is 0 Å². The predicted molar refractivity (Wildman–Crippen MR) is 48.1 cm³/mol. The molecule has 0 amide bonds. The summed E-state index contributed by atoms with van der Waals surface area (Å²) in [6.07, 6.45) is -1.75. The quantitative estimate of drug-likeness (QED) is 0.680. The van der Waals surface area contributed by atoms with Crippen molar-refractivity contribution in [3.05, 3.63) is 29.1 Å². The third kappa shape index (κ3) is 2.05. The fourth-order valence-corrected chi connectivity index (χ4v) is 1.41. The Labute approximate surface area is 81.0 Å². The monoisotopic (exact) mass is 203 g/mol. The van der Waals surface area contributed by atoms with Crippen LogP contribution in [0.15, 0.2) is 12.4 Å². The third-order valence-corrected chi connectivity index (χ3v) is 2.07. The molecular weight excluding hydrogens is 191 g/mol. The van der Waals surface area contributed by atoms with Crippen molar-refractivity contribution in [2.75, 3.05) is 0 Å². The Balaban J connectivity index is 3.38. The molecule has 0 aliphatic heterocycles. The summed E-state index contributed by atoms with van der Waals surface area (Å²) in [7, 11) is 0. The molecule has 0 bridgehead atoms. The van der Waals surface area contributed by atoms with E-state index in [0.717, 1.165) is 0 Å². The van der Waals surface area contributed by atoms with Crippen molar-refractivity contribution in [1.82, 2.24) is 4.98 Å². The van der Waals surface area contributed by atoms with E-state index in [1.54, 1.807) is 13.8 Å². The van der Waals surface area contributed by atoms with E-state index in [9.17, 15) is 13.2 Å². The summed E-state index contributed by atoms with van der Waals surface area (Å²) in [6.45, 7) is 4.89. The second kappa shape index (κ2) is 3.59. The predicted octanol–water partition coefficient (Wildman–Crippen LogP) is 3.53. The van der Waals surface area contributed by atoms with E-state index in [1.165, 1.54) is 19.3 Å². The van der Waals surface area contributed by atoms with Crippen LogP contribution in [0.3, 0.4) is 0 Å². The van der Waals surface area contributed by atoms with Crippen LogP contribution in [0.1, 0.15) is 36.5 Å². The lowest BCUT2D eigenvalue weighted by atomic mass is 9.96. The summed E-state index contributed by atoms with van der Waals surface area (Å²) in [5.74, 6) is -0.168. The summed E-state index contributed by atoms with van der Waals surface area (Å²) in [6, 6.07) is 0. The molecule has 0 unspecified atom stereocenters. The van der Waals surface area contributed by atoms with Crippen LogP contribution in [0.2, 0.25) is 0 Å². The first-order chi connectivity index (χ1) is 6.34. The van der Waals surface area contributed by atoms with Crippen molar-refractivity contribution in [1.29, 1.82) is 0 Å². The highest BCUT2D eigenvalue weighted by molar-refractivity contribution is 5.35. The van der Waals surface area contributed by atoms with E-state index in [1.807, 2.05) is 0 Å². The van der Waals surface area contributed by atoms with Crippen molar-refractivity contribution in [2.45, 2.75) is 32.9 Å². The zero-order valence-corrected chi connectivity index (χ0v) is 8.31. The van der Waals surface area contributed by atoms with Crippen LogP contribution in [0.4, 0.5) is 13.2 Å². The van der Waals surface area contributed by atoms with Gasteiger partial charge < -0.3 is 0 Å². The van der Waals surface area contributed by atoms with Gasteiger partial charge in [-0.3, -0.25) is 4.98 Å². The zero-order chi connectivity index (χ0) is 10.9. The maximum atomic E-state index is 12.6. The number of hydrogen-bond acceptors (Lipinski definition) is 1. The highest BCUT2D eigenvalue weighted by Gasteiger charge is 2.35. The van der Waals surface area contributed by atoms with Crippen molar-refractivity contribution < 1.29 is 13.2 Å². The molecule has 4 heteroatoms. The van der Waals surface area contributed by atoms with Gasteiger partial charge in [-0.25, -0.2) is 0 Å². The van der Waals surface area contributed by atoms with Crippen LogP contribution in [-0.2, 0) is 6.18 Å². The average molecular weight is 203 g/mol. The van der Waals surface area contributed by atoms with Crippen LogP contribution in [0, 0.1) is 6.92 Å². The first kappa shape index (κ1) is 11.0. The van der Waals surface area contributed by atoms with E-state index in [4.69, 9.17) is 0 Å². The van der Waals surface area contributed by atoms with Crippen LogP contribution in [0.5, 0.6) is 0 Å². The molecule has 0 fully saturated rings. The highest BCUT2D eigenvalue weighted by atomic mass is 19.4. The minimum atomic E-state index is -4.29. The Morgan fingerprint density at radius 3 is 2.14 bits per heavy atom. The number of halogens is 3. The van der Waals surface area contributed by atoms with Gasteiger partial charge in [0.1, 0.15) is 0 Å². The molecule has 78 valence electrons. The smallest absolute Gasteiger partial charge is 0.264 e. The fraction of sp³-hybridized carbons (Fsp3) is 0.500. The molecule has 0 aliphatic rings. The first-order valence-electron chi connectivity index (χ1n) is 4.35. The Morgan fingerprint density at radius 2 is 1.79 bits per heavy atom. The molecule has 0 radical (unpaired) electrons. The summed E-state index contributed by atoms with van der Waals surface area (Å²) in [4.78, 5) is 3.78. The van der Waals surface area contributed by atoms with E-state index in [0.29, 0.717) is 0 Å². The summed E-state index contributed by atoms with van der Waals surface area (Å²) < 4.78 is 37.9. The first-order valence-corrected chi connectivity index (χ1v) is 4.35.